The van der Waals surface area contributed by atoms with E-state index >= 15 is 0 Å². The van der Waals surface area contributed by atoms with Crippen LogP contribution in [0.15, 0.2) is 36.4 Å². The summed E-state index contributed by atoms with van der Waals surface area (Å²) in [6, 6.07) is 6.71. The van der Waals surface area contributed by atoms with Crippen molar-refractivity contribution in [3.8, 4) is 0 Å². The molecule has 4 rings (SSSR count). The summed E-state index contributed by atoms with van der Waals surface area (Å²) >= 11 is 0. The van der Waals surface area contributed by atoms with Gasteiger partial charge in [0, 0.05) is 25.4 Å². The summed E-state index contributed by atoms with van der Waals surface area (Å²) in [4.78, 5) is 52.9. The van der Waals surface area contributed by atoms with E-state index in [0.29, 0.717) is 26.1 Å². The molecule has 0 aromatic heterocycles. The largest absolute Gasteiger partial charge is 0.465 e. The number of carbonyl (C=O) groups excluding carboxylic acids is 4. The molecule has 3 N–H and O–H groups in total. The summed E-state index contributed by atoms with van der Waals surface area (Å²) in [6.45, 7) is 3.43. The number of allylic oxidation sites excluding steroid dienone is 1. The van der Waals surface area contributed by atoms with Crippen LogP contribution in [0.25, 0.3) is 0 Å². The van der Waals surface area contributed by atoms with Crippen LogP contribution in [-0.4, -0.2) is 84.5 Å². The molecule has 224 valence electrons. The maximum absolute atomic E-state index is 13.1. The minimum Gasteiger partial charge on any atom is -0.465 e. The predicted octanol–water partition coefficient (Wildman–Crippen LogP) is 2.72. The van der Waals surface area contributed by atoms with Gasteiger partial charge in [0.15, 0.2) is 0 Å². The SMILES string of the molecule is CCOC(=O)[C@@]1(NC)C[C@H]1/C=C\CCCCC[C@H](N)C(=O)N1C[C@H](OC(=O)N2CCc3ccccc3C2)C[C@H]1C=O. The van der Waals surface area contributed by atoms with E-state index in [1.54, 1.807) is 11.9 Å². The van der Waals surface area contributed by atoms with Crippen LogP contribution in [0.5, 0.6) is 0 Å². The Bertz CT molecular complexity index is 1130. The highest BCUT2D eigenvalue weighted by molar-refractivity contribution is 5.86. The van der Waals surface area contributed by atoms with Gasteiger partial charge in [0.2, 0.25) is 5.91 Å². The second-order valence-corrected chi connectivity index (χ2v) is 11.3. The molecule has 0 spiro atoms. The first-order valence-corrected chi connectivity index (χ1v) is 14.9. The quantitative estimate of drug-likeness (QED) is 0.161. The molecule has 1 aliphatic carbocycles. The fourth-order valence-corrected chi connectivity index (χ4v) is 5.97. The molecule has 1 aromatic carbocycles. The number of fused-ring (bicyclic) bond motifs is 1. The summed E-state index contributed by atoms with van der Waals surface area (Å²) in [6.07, 6.45) is 9.88. The zero-order valence-electron chi connectivity index (χ0n) is 24.3. The highest BCUT2D eigenvalue weighted by Gasteiger charge is 2.59. The Morgan fingerprint density at radius 3 is 2.71 bits per heavy atom. The first-order valence-electron chi connectivity index (χ1n) is 14.9. The van der Waals surface area contributed by atoms with Crippen molar-refractivity contribution < 1.29 is 28.7 Å². The van der Waals surface area contributed by atoms with Crippen molar-refractivity contribution in [2.75, 3.05) is 26.7 Å². The Kier molecular flexibility index (Phi) is 10.6. The van der Waals surface area contributed by atoms with Crippen LogP contribution in [0.2, 0.25) is 0 Å². The lowest BCUT2D eigenvalue weighted by atomic mass is 10.0. The number of amides is 2. The number of hydrogen-bond acceptors (Lipinski definition) is 8. The van der Waals surface area contributed by atoms with E-state index in [0.717, 1.165) is 50.4 Å². The van der Waals surface area contributed by atoms with Gasteiger partial charge in [-0.3, -0.25) is 9.59 Å². The van der Waals surface area contributed by atoms with Crippen LogP contribution in [0.3, 0.4) is 0 Å². The van der Waals surface area contributed by atoms with Gasteiger partial charge < -0.3 is 35.1 Å². The molecule has 2 amide bonds. The third-order valence-electron chi connectivity index (χ3n) is 8.57. The van der Waals surface area contributed by atoms with Gasteiger partial charge in [0.25, 0.3) is 0 Å². The number of aldehydes is 1. The highest BCUT2D eigenvalue weighted by Crippen LogP contribution is 2.45. The number of ether oxygens (including phenoxy) is 2. The topological polar surface area (TPSA) is 131 Å². The van der Waals surface area contributed by atoms with Crippen molar-refractivity contribution in [1.82, 2.24) is 15.1 Å². The average Bonchev–Trinajstić information content (AvgIpc) is 3.57. The fourth-order valence-electron chi connectivity index (χ4n) is 5.97. The van der Waals surface area contributed by atoms with Gasteiger partial charge in [-0.15, -0.1) is 0 Å². The van der Waals surface area contributed by atoms with Gasteiger partial charge in [-0.2, -0.15) is 0 Å². The Morgan fingerprint density at radius 2 is 1.98 bits per heavy atom. The number of likely N-dealkylation sites (N-methyl/N-ethyl adjacent to an activating group) is 1. The molecule has 41 heavy (non-hydrogen) atoms. The van der Waals surface area contributed by atoms with E-state index in [9.17, 15) is 19.2 Å². The molecule has 1 saturated carbocycles. The molecular formula is C31H44N4O6. The first kappa shape index (κ1) is 30.7. The van der Waals surface area contributed by atoms with Gasteiger partial charge in [0.05, 0.1) is 25.2 Å². The van der Waals surface area contributed by atoms with E-state index in [1.807, 2.05) is 25.1 Å². The maximum atomic E-state index is 13.1. The second kappa shape index (κ2) is 14.1. The zero-order valence-corrected chi connectivity index (χ0v) is 24.3. The third-order valence-corrected chi connectivity index (χ3v) is 8.57. The average molecular weight is 569 g/mol. The van der Waals surface area contributed by atoms with Crippen LogP contribution in [0, 0.1) is 5.92 Å². The molecule has 1 aromatic rings. The summed E-state index contributed by atoms with van der Waals surface area (Å²) < 4.78 is 10.9. The van der Waals surface area contributed by atoms with E-state index in [2.05, 4.69) is 23.5 Å². The molecule has 0 bridgehead atoms. The Morgan fingerprint density at radius 1 is 1.20 bits per heavy atom. The fraction of sp³-hybridized carbons (Fsp3) is 0.613. The molecule has 0 radical (unpaired) electrons. The lowest BCUT2D eigenvalue weighted by molar-refractivity contribution is -0.147. The van der Waals surface area contributed by atoms with Crippen LogP contribution in [0.4, 0.5) is 4.79 Å². The standard InChI is InChI=1S/C31H44N4O6/c1-3-40-29(38)31(33-2)18-24(31)13-7-5-4-6-8-14-27(32)28(37)35-20-26(17-25(35)21-36)41-30(39)34-16-15-22-11-9-10-12-23(22)19-34/h7,9-13,21,24-27,33H,3-6,8,14-20,32H2,1-2H3/b13-7-/t24-,25+,26-,27+,31-/m1/s1. The van der Waals surface area contributed by atoms with E-state index < -0.39 is 29.8 Å². The van der Waals surface area contributed by atoms with Gasteiger partial charge in [-0.1, -0.05) is 49.3 Å². The minimum atomic E-state index is -0.701. The molecule has 10 nitrogen and oxygen atoms in total. The molecule has 1 saturated heterocycles. The Balaban J connectivity index is 1.15. The lowest BCUT2D eigenvalue weighted by Crippen LogP contribution is -2.47. The number of benzene rings is 1. The van der Waals surface area contributed by atoms with Crippen molar-refractivity contribution >= 4 is 24.3 Å². The highest BCUT2D eigenvalue weighted by atomic mass is 16.6. The van der Waals surface area contributed by atoms with E-state index in [4.69, 9.17) is 15.2 Å². The molecule has 2 aliphatic heterocycles. The number of unbranched alkanes of at least 4 members (excludes halogenated alkanes) is 3. The van der Waals surface area contributed by atoms with Crippen molar-refractivity contribution in [3.63, 3.8) is 0 Å². The molecule has 2 heterocycles. The number of nitrogens with one attached hydrogen (secondary N) is 1. The number of rotatable bonds is 13. The van der Waals surface area contributed by atoms with Crippen LogP contribution in [0.1, 0.15) is 63.0 Å². The summed E-state index contributed by atoms with van der Waals surface area (Å²) in [5.41, 5.74) is 8.00. The monoisotopic (exact) mass is 568 g/mol. The summed E-state index contributed by atoms with van der Waals surface area (Å²) in [5.74, 6) is -0.310. The lowest BCUT2D eigenvalue weighted by Gasteiger charge is -2.29. The summed E-state index contributed by atoms with van der Waals surface area (Å²) in [5, 5.41) is 3.11. The van der Waals surface area contributed by atoms with Crippen molar-refractivity contribution in [3.05, 3.63) is 47.5 Å². The van der Waals surface area contributed by atoms with Crippen LogP contribution in [-0.2, 0) is 36.8 Å². The van der Waals surface area contributed by atoms with Crippen molar-refractivity contribution in [2.45, 2.75) is 88.6 Å². The molecule has 5 atom stereocenters. The normalized spacial score (nSPS) is 26.0. The number of carbonyl (C=O) groups is 4. The Hall–Kier alpha value is -3.24. The maximum Gasteiger partial charge on any atom is 0.410 e. The molecule has 0 unspecified atom stereocenters. The van der Waals surface area contributed by atoms with Crippen LogP contribution < -0.4 is 11.1 Å². The summed E-state index contributed by atoms with van der Waals surface area (Å²) in [7, 11) is 1.79. The predicted molar refractivity (Wildman–Crippen MR) is 154 cm³/mol. The first-order chi connectivity index (χ1) is 19.8. The van der Waals surface area contributed by atoms with E-state index in [1.165, 1.54) is 10.5 Å². The number of nitrogens with two attached hydrogens (primary N) is 1. The number of esters is 1. The molecule has 3 aliphatic rings. The molecule has 2 fully saturated rings. The Labute approximate surface area is 242 Å². The van der Waals surface area contributed by atoms with Crippen molar-refractivity contribution in [1.29, 1.82) is 0 Å². The number of nitrogens with zero attached hydrogens (tertiary/aromatic N) is 2. The van der Waals surface area contributed by atoms with E-state index in [-0.39, 0.29) is 30.8 Å². The number of likely N-dealkylation sites (tertiary alicyclic amines) is 1. The second-order valence-electron chi connectivity index (χ2n) is 11.3. The number of hydrogen-bond donors (Lipinski definition) is 2. The third kappa shape index (κ3) is 7.35. The molecular weight excluding hydrogens is 524 g/mol. The van der Waals surface area contributed by atoms with Crippen molar-refractivity contribution in [2.24, 2.45) is 11.7 Å². The minimum absolute atomic E-state index is 0.156. The molecule has 10 heteroatoms. The van der Waals surface area contributed by atoms with Gasteiger partial charge in [-0.25, -0.2) is 4.79 Å². The van der Waals surface area contributed by atoms with Gasteiger partial charge in [-0.05, 0) is 57.2 Å². The zero-order chi connectivity index (χ0) is 29.4. The van der Waals surface area contributed by atoms with Gasteiger partial charge >= 0.3 is 12.1 Å². The van der Waals surface area contributed by atoms with Crippen LogP contribution >= 0.6 is 0 Å². The smallest absolute Gasteiger partial charge is 0.410 e. The van der Waals surface area contributed by atoms with Gasteiger partial charge in [0.1, 0.15) is 17.9 Å².